The van der Waals surface area contributed by atoms with Gasteiger partial charge in [0.15, 0.2) is 0 Å². The number of rotatable bonds is 8. The molecular weight excluding hydrogens is 438 g/mol. The van der Waals surface area contributed by atoms with Crippen LogP contribution in [0.15, 0.2) is 84.9 Å². The van der Waals surface area contributed by atoms with E-state index in [1.807, 2.05) is 0 Å². The largest absolute Gasteiger partial charge is 0.377 e. The molecule has 0 fully saturated rings. The van der Waals surface area contributed by atoms with Gasteiger partial charge < -0.3 is 9.72 Å². The highest BCUT2D eigenvalue weighted by molar-refractivity contribution is 6.11. The lowest BCUT2D eigenvalue weighted by Gasteiger charge is -2.14. The van der Waals surface area contributed by atoms with E-state index in [0.717, 1.165) is 24.1 Å². The van der Waals surface area contributed by atoms with Gasteiger partial charge in [-0.05, 0) is 66.1 Å². The summed E-state index contributed by atoms with van der Waals surface area (Å²) in [5.41, 5.74) is 13.7. The molecule has 0 saturated heterocycles. The first kappa shape index (κ1) is 24.1. The summed E-state index contributed by atoms with van der Waals surface area (Å²) in [6, 6.07) is 31.4. The van der Waals surface area contributed by atoms with Gasteiger partial charge in [-0.3, -0.25) is 0 Å². The summed E-state index contributed by atoms with van der Waals surface area (Å²) in [4.78, 5) is 3.82. The molecule has 0 radical (unpaired) electrons. The number of hydrogen-bond donors (Lipinski definition) is 1. The van der Waals surface area contributed by atoms with Crippen LogP contribution in [0.3, 0.4) is 0 Å². The Morgan fingerprint density at radius 2 is 1.36 bits per heavy atom. The smallest absolute Gasteiger partial charge is 0.0723 e. The highest BCUT2D eigenvalue weighted by Crippen LogP contribution is 2.44. The molecule has 0 spiro atoms. The Hall–Kier alpha value is -3.62. The summed E-state index contributed by atoms with van der Waals surface area (Å²) < 4.78 is 5.89. The first-order valence-corrected chi connectivity index (χ1v) is 13.1. The van der Waals surface area contributed by atoms with E-state index in [1.165, 1.54) is 55.5 Å². The molecule has 5 aromatic rings. The molecule has 0 atom stereocenters. The van der Waals surface area contributed by atoms with E-state index in [0.29, 0.717) is 13.2 Å². The fraction of sp³-hybridized carbons (Fsp3) is 0.235. The van der Waals surface area contributed by atoms with Crippen LogP contribution in [0.25, 0.3) is 44.4 Å². The van der Waals surface area contributed by atoms with E-state index in [4.69, 9.17) is 4.74 Å². The molecule has 5 rings (SSSR count). The highest BCUT2D eigenvalue weighted by Gasteiger charge is 2.20. The molecule has 4 aromatic carbocycles. The van der Waals surface area contributed by atoms with Crippen LogP contribution in [0.5, 0.6) is 0 Å². The van der Waals surface area contributed by atoms with E-state index in [1.54, 1.807) is 0 Å². The van der Waals surface area contributed by atoms with Gasteiger partial charge in [-0.15, -0.1) is 0 Å². The maximum Gasteiger partial charge on any atom is 0.0723 e. The molecule has 0 saturated carbocycles. The zero-order valence-electron chi connectivity index (χ0n) is 21.8. The molecule has 36 heavy (non-hydrogen) atoms. The molecule has 0 aliphatic carbocycles. The summed E-state index contributed by atoms with van der Waals surface area (Å²) in [7, 11) is 0. The number of aryl methyl sites for hydroxylation is 3. The van der Waals surface area contributed by atoms with Crippen molar-refractivity contribution in [3.8, 4) is 33.5 Å². The number of aromatic amines is 1. The van der Waals surface area contributed by atoms with Crippen molar-refractivity contribution in [1.29, 1.82) is 0 Å². The van der Waals surface area contributed by atoms with Gasteiger partial charge in [-0.25, -0.2) is 0 Å². The number of aromatic nitrogens is 1. The maximum absolute atomic E-state index is 5.89. The van der Waals surface area contributed by atoms with Gasteiger partial charge in [0.25, 0.3) is 0 Å². The minimum Gasteiger partial charge on any atom is -0.377 e. The average Bonchev–Trinajstić information content (AvgIpc) is 3.31. The number of ether oxygens (including phenoxy) is 1. The second-order valence-electron chi connectivity index (χ2n) is 9.50. The predicted molar refractivity (Wildman–Crippen MR) is 153 cm³/mol. The quantitative estimate of drug-likeness (QED) is 0.239. The lowest BCUT2D eigenvalue weighted by Crippen LogP contribution is -1.97. The molecule has 0 unspecified atom stereocenters. The monoisotopic (exact) mass is 473 g/mol. The Bertz CT molecular complexity index is 1470. The molecule has 2 nitrogen and oxygen atoms in total. The topological polar surface area (TPSA) is 25.0 Å². The van der Waals surface area contributed by atoms with Gasteiger partial charge in [0.2, 0.25) is 0 Å². The number of H-pyrrole nitrogens is 1. The Balaban J connectivity index is 1.80. The predicted octanol–water partition coefficient (Wildman–Crippen LogP) is 9.14. The van der Waals surface area contributed by atoms with Crippen LogP contribution < -0.4 is 0 Å². The van der Waals surface area contributed by atoms with Crippen molar-refractivity contribution in [2.75, 3.05) is 6.61 Å². The minimum absolute atomic E-state index is 0.600. The molecule has 0 bridgehead atoms. The number of benzene rings is 4. The summed E-state index contributed by atoms with van der Waals surface area (Å²) in [5.74, 6) is 0. The third kappa shape index (κ3) is 4.62. The Labute approximate surface area is 215 Å². The number of fused-ring (bicyclic) bond motifs is 1. The van der Waals surface area contributed by atoms with E-state index in [9.17, 15) is 0 Å². The van der Waals surface area contributed by atoms with Crippen LogP contribution in [-0.2, 0) is 24.2 Å². The van der Waals surface area contributed by atoms with Gasteiger partial charge in [-0.2, -0.15) is 0 Å². The molecule has 2 heteroatoms. The molecule has 1 N–H and O–H groups in total. The van der Waals surface area contributed by atoms with Crippen molar-refractivity contribution >= 4 is 10.9 Å². The van der Waals surface area contributed by atoms with E-state index < -0.39 is 0 Å². The fourth-order valence-corrected chi connectivity index (χ4v) is 5.10. The van der Waals surface area contributed by atoms with Crippen LogP contribution in [0, 0.1) is 6.92 Å². The van der Waals surface area contributed by atoms with Gasteiger partial charge in [0.05, 0.1) is 12.3 Å². The van der Waals surface area contributed by atoms with Crippen LogP contribution >= 0.6 is 0 Å². The highest BCUT2D eigenvalue weighted by atomic mass is 16.5. The molecule has 0 aliphatic rings. The molecule has 1 heterocycles. The van der Waals surface area contributed by atoms with Crippen LogP contribution in [0.1, 0.15) is 43.0 Å². The summed E-state index contributed by atoms with van der Waals surface area (Å²) in [6.45, 7) is 9.90. The van der Waals surface area contributed by atoms with E-state index in [2.05, 4.69) is 118 Å². The Morgan fingerprint density at radius 1 is 0.694 bits per heavy atom. The minimum atomic E-state index is 0.600. The Morgan fingerprint density at radius 3 is 2.00 bits per heavy atom. The van der Waals surface area contributed by atoms with Gasteiger partial charge >= 0.3 is 0 Å². The second kappa shape index (κ2) is 10.6. The zero-order chi connectivity index (χ0) is 25.1. The van der Waals surface area contributed by atoms with Crippen molar-refractivity contribution < 1.29 is 4.74 Å². The van der Waals surface area contributed by atoms with Gasteiger partial charge in [0.1, 0.15) is 0 Å². The SMILES string of the molecule is CCOCc1cc(C)ccc1-c1[nH]c2cccc(-c3ccc(CC)cc3)c2c1-c1ccc(CC)cc1. The second-order valence-corrected chi connectivity index (χ2v) is 9.50. The van der Waals surface area contributed by atoms with Crippen molar-refractivity contribution in [3.05, 3.63) is 107 Å². The van der Waals surface area contributed by atoms with Gasteiger partial charge in [-0.1, -0.05) is 98.3 Å². The van der Waals surface area contributed by atoms with E-state index in [-0.39, 0.29) is 0 Å². The normalized spacial score (nSPS) is 11.3. The zero-order valence-corrected chi connectivity index (χ0v) is 21.8. The molecule has 0 aliphatic heterocycles. The molecule has 0 amide bonds. The summed E-state index contributed by atoms with van der Waals surface area (Å²) in [5, 5.41) is 1.27. The van der Waals surface area contributed by atoms with E-state index >= 15 is 0 Å². The lowest BCUT2D eigenvalue weighted by atomic mass is 9.91. The van der Waals surface area contributed by atoms with Crippen LogP contribution in [0.2, 0.25) is 0 Å². The lowest BCUT2D eigenvalue weighted by molar-refractivity contribution is 0.134. The molecular formula is C34H35NO. The van der Waals surface area contributed by atoms with Crippen molar-refractivity contribution in [1.82, 2.24) is 4.98 Å². The van der Waals surface area contributed by atoms with Crippen molar-refractivity contribution in [2.45, 2.75) is 47.1 Å². The molecule has 1 aromatic heterocycles. The fourth-order valence-electron chi connectivity index (χ4n) is 5.10. The molecule has 182 valence electrons. The Kier molecular flexibility index (Phi) is 7.06. The summed E-state index contributed by atoms with van der Waals surface area (Å²) in [6.07, 6.45) is 2.08. The third-order valence-electron chi connectivity index (χ3n) is 7.14. The number of nitrogens with one attached hydrogen (secondary N) is 1. The maximum atomic E-state index is 5.89. The first-order chi connectivity index (χ1) is 17.6. The summed E-state index contributed by atoms with van der Waals surface area (Å²) >= 11 is 0. The standard InChI is InChI=1S/C34H35NO/c1-5-24-12-16-26(17-13-24)29-9-8-10-31-33(29)32(27-18-14-25(6-2)15-19-27)34(35-31)30-20-11-23(4)21-28(30)22-36-7-3/h8-21,35H,5-7,22H2,1-4H3. The van der Waals surface area contributed by atoms with Crippen LogP contribution in [0.4, 0.5) is 0 Å². The van der Waals surface area contributed by atoms with Crippen molar-refractivity contribution in [3.63, 3.8) is 0 Å². The van der Waals surface area contributed by atoms with Gasteiger partial charge in [0, 0.05) is 28.6 Å². The van der Waals surface area contributed by atoms with Crippen molar-refractivity contribution in [2.24, 2.45) is 0 Å². The van der Waals surface area contributed by atoms with Crippen LogP contribution in [-0.4, -0.2) is 11.6 Å². The third-order valence-corrected chi connectivity index (χ3v) is 7.14. The first-order valence-electron chi connectivity index (χ1n) is 13.1. The number of hydrogen-bond acceptors (Lipinski definition) is 1. The average molecular weight is 474 g/mol.